The summed E-state index contributed by atoms with van der Waals surface area (Å²) in [5.74, 6) is -0.251. The second kappa shape index (κ2) is 5.84. The van der Waals surface area contributed by atoms with Gasteiger partial charge in [-0.05, 0) is 0 Å². The quantitative estimate of drug-likeness (QED) is 0.622. The predicted molar refractivity (Wildman–Crippen MR) is 67.9 cm³/mol. The van der Waals surface area contributed by atoms with Crippen LogP contribution in [0.4, 0.5) is 14.6 Å². The maximum Gasteiger partial charge on any atom is 0.328 e. The molecule has 10 heteroatoms. The zero-order valence-electron chi connectivity index (χ0n) is 11.1. The molecule has 1 aromatic heterocycles. The minimum Gasteiger partial charge on any atom is -0.394 e. The molecule has 1 aromatic rings. The molecule has 1 fully saturated rings. The number of hydrogen-bond donors (Lipinski definition) is 3. The molecule has 1 aliphatic rings. The van der Waals surface area contributed by atoms with Gasteiger partial charge in [-0.1, -0.05) is 6.58 Å². The van der Waals surface area contributed by atoms with E-state index in [1.165, 1.54) is 7.05 Å². The van der Waals surface area contributed by atoms with Crippen molar-refractivity contribution in [2.45, 2.75) is 24.5 Å². The maximum absolute atomic E-state index is 14.0. The van der Waals surface area contributed by atoms with E-state index >= 15 is 0 Å². The summed E-state index contributed by atoms with van der Waals surface area (Å²) in [6.45, 7) is 3.02. The Morgan fingerprint density at radius 1 is 1.62 bits per heavy atom. The summed E-state index contributed by atoms with van der Waals surface area (Å²) < 4.78 is 33.3. The number of aliphatic hydroxyl groups excluding tert-OH is 2. The van der Waals surface area contributed by atoms with Crippen molar-refractivity contribution in [3.05, 3.63) is 18.1 Å². The molecule has 0 bridgehead atoms. The fourth-order valence-electron chi connectivity index (χ4n) is 2.08. The summed E-state index contributed by atoms with van der Waals surface area (Å²) in [5.41, 5.74) is 5.37. The molecule has 0 amide bonds. The van der Waals surface area contributed by atoms with Gasteiger partial charge in [0.05, 0.1) is 12.3 Å². The van der Waals surface area contributed by atoms with Crippen LogP contribution in [-0.4, -0.2) is 63.1 Å². The number of hydrogen-bond acceptors (Lipinski definition) is 7. The lowest BCUT2D eigenvalue weighted by molar-refractivity contribution is -0.0104. The van der Waals surface area contributed by atoms with Crippen molar-refractivity contribution >= 4 is 11.5 Å². The number of aliphatic hydroxyl groups is 2. The Kier molecular flexibility index (Phi) is 4.30. The van der Waals surface area contributed by atoms with Crippen molar-refractivity contribution in [3.8, 4) is 0 Å². The molecule has 21 heavy (non-hydrogen) atoms. The lowest BCUT2D eigenvalue weighted by Crippen LogP contribution is -2.35. The topological polar surface area (TPSA) is 119 Å². The molecule has 4 N–H and O–H groups in total. The van der Waals surface area contributed by atoms with Crippen LogP contribution < -0.4 is 11.2 Å². The van der Waals surface area contributed by atoms with E-state index in [1.807, 2.05) is 0 Å². The molecule has 0 radical (unpaired) electrons. The monoisotopic (exact) mass is 303 g/mol. The summed E-state index contributed by atoms with van der Waals surface area (Å²) in [4.78, 5) is 7.08. The van der Waals surface area contributed by atoms with Crippen molar-refractivity contribution in [1.82, 2.24) is 14.8 Å². The Balaban J connectivity index is 2.42. The minimum absolute atomic E-state index is 0.0286. The highest BCUT2D eigenvalue weighted by Crippen LogP contribution is 2.29. The first-order chi connectivity index (χ1) is 9.90. The van der Waals surface area contributed by atoms with Gasteiger partial charge in [0, 0.05) is 7.05 Å². The highest BCUT2D eigenvalue weighted by Gasteiger charge is 2.45. The van der Waals surface area contributed by atoms with E-state index in [4.69, 9.17) is 15.6 Å². The number of alkyl halides is 1. The van der Waals surface area contributed by atoms with Crippen molar-refractivity contribution in [1.29, 1.82) is 0 Å². The highest BCUT2D eigenvalue weighted by molar-refractivity contribution is 5.48. The van der Waals surface area contributed by atoms with Crippen molar-refractivity contribution in [2.75, 3.05) is 19.4 Å². The van der Waals surface area contributed by atoms with Gasteiger partial charge in [0.25, 0.3) is 0 Å². The van der Waals surface area contributed by atoms with Crippen LogP contribution in [0.1, 0.15) is 0 Å². The largest absolute Gasteiger partial charge is 0.394 e. The molecule has 0 spiro atoms. The van der Waals surface area contributed by atoms with Crippen LogP contribution >= 0.6 is 0 Å². The number of ether oxygens (including phenoxy) is 1. The third-order valence-electron chi connectivity index (χ3n) is 3.13. The van der Waals surface area contributed by atoms with Gasteiger partial charge in [-0.15, -0.1) is 5.10 Å². The first-order valence-corrected chi connectivity index (χ1v) is 6.03. The van der Waals surface area contributed by atoms with Gasteiger partial charge in [-0.3, -0.25) is 4.99 Å². The van der Waals surface area contributed by atoms with Crippen molar-refractivity contribution in [2.24, 2.45) is 4.99 Å². The molecule has 1 saturated heterocycles. The lowest BCUT2D eigenvalue weighted by atomic mass is 10.1. The number of halogens is 2. The molecular weight excluding hydrogens is 288 g/mol. The number of aromatic nitrogens is 3. The Morgan fingerprint density at radius 2 is 2.29 bits per heavy atom. The summed E-state index contributed by atoms with van der Waals surface area (Å²) >= 11 is 0. The molecule has 0 saturated carbocycles. The van der Waals surface area contributed by atoms with Crippen LogP contribution in [0, 0.1) is 6.08 Å². The van der Waals surface area contributed by atoms with Crippen LogP contribution in [-0.2, 0) is 4.74 Å². The van der Waals surface area contributed by atoms with Gasteiger partial charge in [0.2, 0.25) is 0 Å². The van der Waals surface area contributed by atoms with Crippen LogP contribution in [0.15, 0.2) is 11.6 Å². The maximum atomic E-state index is 14.0. The molecule has 2 heterocycles. The molecule has 1 aliphatic heterocycles. The van der Waals surface area contributed by atoms with E-state index in [1.54, 1.807) is 0 Å². The third-order valence-corrected chi connectivity index (χ3v) is 3.13. The molecule has 8 nitrogen and oxygen atoms in total. The standard InChI is InChI=1S/C11H15F2N5O3/c1-4(8-6(12)7(20)5(3-19)21-8)18-10(15-2)9(14)16-11(13)17-18/h5-8,19-20H,1,3H2,2H3,(H2,14,16,17)/t5-,6-,7-,8+/m1/s1. The first kappa shape index (κ1) is 15.5. The van der Waals surface area contributed by atoms with E-state index in [2.05, 4.69) is 21.7 Å². The number of nitrogens with two attached hydrogens (primary N) is 1. The fourth-order valence-corrected chi connectivity index (χ4v) is 2.08. The smallest absolute Gasteiger partial charge is 0.328 e. The second-order valence-corrected chi connectivity index (χ2v) is 4.43. The zero-order valence-corrected chi connectivity index (χ0v) is 11.1. The van der Waals surface area contributed by atoms with E-state index in [0.29, 0.717) is 0 Å². The lowest BCUT2D eigenvalue weighted by Gasteiger charge is -2.17. The average molecular weight is 303 g/mol. The molecule has 2 rings (SSSR count). The fraction of sp³-hybridized carbons (Fsp3) is 0.545. The van der Waals surface area contributed by atoms with E-state index in [0.717, 1.165) is 4.68 Å². The van der Waals surface area contributed by atoms with Crippen molar-refractivity contribution < 1.29 is 23.7 Å². The van der Waals surface area contributed by atoms with Crippen LogP contribution in [0.3, 0.4) is 0 Å². The molecular formula is C11H15F2N5O3. The van der Waals surface area contributed by atoms with Gasteiger partial charge in [0.15, 0.2) is 17.5 Å². The average Bonchev–Trinajstić information content (AvgIpc) is 2.73. The van der Waals surface area contributed by atoms with Gasteiger partial charge < -0.3 is 20.7 Å². The first-order valence-electron chi connectivity index (χ1n) is 6.03. The van der Waals surface area contributed by atoms with Gasteiger partial charge in [0.1, 0.15) is 18.3 Å². The SMILES string of the molecule is C=C([C@@H]1O[C@H](CO)[C@@H](O)[C@H]1F)n1nc(F)nc(N)c1=NC. The van der Waals surface area contributed by atoms with Crippen LogP contribution in [0.5, 0.6) is 0 Å². The molecule has 0 aromatic carbocycles. The number of rotatable bonds is 3. The van der Waals surface area contributed by atoms with Crippen LogP contribution in [0.25, 0.3) is 5.70 Å². The Morgan fingerprint density at radius 3 is 2.81 bits per heavy atom. The molecule has 0 aliphatic carbocycles. The highest BCUT2D eigenvalue weighted by atomic mass is 19.1. The normalized spacial score (nSPS) is 29.9. The molecule has 0 unspecified atom stereocenters. The summed E-state index contributed by atoms with van der Waals surface area (Å²) in [6.07, 6.45) is -6.95. The van der Waals surface area contributed by atoms with E-state index in [9.17, 15) is 13.9 Å². The van der Waals surface area contributed by atoms with Gasteiger partial charge in [-0.2, -0.15) is 9.37 Å². The van der Waals surface area contributed by atoms with Gasteiger partial charge >= 0.3 is 6.08 Å². The van der Waals surface area contributed by atoms with E-state index < -0.39 is 37.2 Å². The zero-order chi connectivity index (χ0) is 15.7. The summed E-state index contributed by atoms with van der Waals surface area (Å²) in [7, 11) is 1.37. The number of nitrogens with zero attached hydrogens (tertiary/aromatic N) is 4. The van der Waals surface area contributed by atoms with Crippen LogP contribution in [0.2, 0.25) is 0 Å². The van der Waals surface area contributed by atoms with E-state index in [-0.39, 0.29) is 17.0 Å². The Labute approximate surface area is 118 Å². The number of nitrogen functional groups attached to an aromatic ring is 1. The second-order valence-electron chi connectivity index (χ2n) is 4.43. The molecule has 116 valence electrons. The Hall–Kier alpha value is -1.91. The summed E-state index contributed by atoms with van der Waals surface area (Å²) in [5, 5.41) is 22.0. The molecule has 4 atom stereocenters. The minimum atomic E-state index is -1.86. The Bertz CT molecular complexity index is 620. The predicted octanol–water partition coefficient (Wildman–Crippen LogP) is -1.54. The van der Waals surface area contributed by atoms with Crippen molar-refractivity contribution in [3.63, 3.8) is 0 Å². The summed E-state index contributed by atoms with van der Waals surface area (Å²) in [6, 6.07) is 0. The number of anilines is 1. The third kappa shape index (κ3) is 2.64. The van der Waals surface area contributed by atoms with Gasteiger partial charge in [-0.25, -0.2) is 9.07 Å².